The van der Waals surface area contributed by atoms with Crippen LogP contribution in [0, 0.1) is 11.6 Å². The van der Waals surface area contributed by atoms with Crippen molar-refractivity contribution in [1.82, 2.24) is 10.2 Å². The molecule has 1 aromatic rings. The van der Waals surface area contributed by atoms with Gasteiger partial charge in [0.25, 0.3) is 0 Å². The van der Waals surface area contributed by atoms with Crippen LogP contribution in [0.1, 0.15) is 38.3 Å². The van der Waals surface area contributed by atoms with E-state index in [0.717, 1.165) is 38.5 Å². The summed E-state index contributed by atoms with van der Waals surface area (Å²) >= 11 is 0. The largest absolute Gasteiger partial charge is 0.314 e. The molecule has 0 bridgehead atoms. The van der Waals surface area contributed by atoms with Gasteiger partial charge in [0.1, 0.15) is 11.6 Å². The standard InChI is InChI=1S/C15H22F2N2/c1-3-18-12-7-8-19(4-2)15(10-12)13-6-5-11(16)9-14(13)17/h5-6,9,12,15,18H,3-4,7-8,10H2,1-2H3/t12-,15+/m1/s1. The van der Waals surface area contributed by atoms with Crippen molar-refractivity contribution in [3.8, 4) is 0 Å². The Morgan fingerprint density at radius 2 is 2.11 bits per heavy atom. The summed E-state index contributed by atoms with van der Waals surface area (Å²) in [4.78, 5) is 2.27. The zero-order valence-electron chi connectivity index (χ0n) is 11.6. The minimum absolute atomic E-state index is 0.0448. The minimum Gasteiger partial charge on any atom is -0.314 e. The molecule has 4 heteroatoms. The fourth-order valence-electron chi connectivity index (χ4n) is 2.96. The quantitative estimate of drug-likeness (QED) is 0.902. The van der Waals surface area contributed by atoms with Crippen LogP contribution in [0.5, 0.6) is 0 Å². The third-order valence-electron chi connectivity index (χ3n) is 3.93. The molecule has 1 N–H and O–H groups in total. The van der Waals surface area contributed by atoms with E-state index in [2.05, 4.69) is 24.1 Å². The van der Waals surface area contributed by atoms with E-state index in [0.29, 0.717) is 11.6 Å². The molecule has 0 saturated carbocycles. The molecule has 1 aliphatic rings. The highest BCUT2D eigenvalue weighted by Gasteiger charge is 2.29. The number of hydrogen-bond donors (Lipinski definition) is 1. The Labute approximate surface area is 113 Å². The summed E-state index contributed by atoms with van der Waals surface area (Å²) in [5.74, 6) is -0.941. The van der Waals surface area contributed by atoms with Gasteiger partial charge in [-0.3, -0.25) is 4.90 Å². The first-order chi connectivity index (χ1) is 9.15. The molecule has 0 spiro atoms. The van der Waals surface area contributed by atoms with Gasteiger partial charge in [0.05, 0.1) is 0 Å². The molecule has 1 aliphatic heterocycles. The summed E-state index contributed by atoms with van der Waals surface area (Å²) < 4.78 is 27.0. The summed E-state index contributed by atoms with van der Waals surface area (Å²) in [6, 6.07) is 4.39. The van der Waals surface area contributed by atoms with Crippen molar-refractivity contribution in [3.05, 3.63) is 35.4 Å². The van der Waals surface area contributed by atoms with Crippen LogP contribution in [0.15, 0.2) is 18.2 Å². The molecule has 1 saturated heterocycles. The molecule has 0 radical (unpaired) electrons. The maximum Gasteiger partial charge on any atom is 0.130 e. The summed E-state index contributed by atoms with van der Waals surface area (Å²) in [5.41, 5.74) is 0.617. The molecule has 0 unspecified atom stereocenters. The predicted octanol–water partition coefficient (Wildman–Crippen LogP) is 3.10. The number of nitrogens with one attached hydrogen (secondary N) is 1. The van der Waals surface area contributed by atoms with Crippen LogP contribution in [-0.2, 0) is 0 Å². The van der Waals surface area contributed by atoms with Gasteiger partial charge >= 0.3 is 0 Å². The second kappa shape index (κ2) is 6.44. The van der Waals surface area contributed by atoms with Crippen molar-refractivity contribution in [3.63, 3.8) is 0 Å². The van der Waals surface area contributed by atoms with E-state index in [1.165, 1.54) is 6.07 Å². The molecular weight excluding hydrogens is 246 g/mol. The molecule has 2 atom stereocenters. The van der Waals surface area contributed by atoms with Gasteiger partial charge < -0.3 is 5.32 Å². The Kier molecular flexibility index (Phi) is 4.88. The number of nitrogens with zero attached hydrogens (tertiary/aromatic N) is 1. The monoisotopic (exact) mass is 268 g/mol. The zero-order chi connectivity index (χ0) is 13.8. The van der Waals surface area contributed by atoms with Crippen LogP contribution in [0.4, 0.5) is 8.78 Å². The van der Waals surface area contributed by atoms with E-state index in [1.807, 2.05) is 0 Å². The van der Waals surface area contributed by atoms with E-state index < -0.39 is 11.6 Å². The fraction of sp³-hybridized carbons (Fsp3) is 0.600. The predicted molar refractivity (Wildman–Crippen MR) is 73.0 cm³/mol. The van der Waals surface area contributed by atoms with E-state index in [1.54, 1.807) is 6.07 Å². The van der Waals surface area contributed by atoms with E-state index in [4.69, 9.17) is 0 Å². The van der Waals surface area contributed by atoms with E-state index in [9.17, 15) is 8.78 Å². The topological polar surface area (TPSA) is 15.3 Å². The lowest BCUT2D eigenvalue weighted by Crippen LogP contribution is -2.44. The maximum absolute atomic E-state index is 14.0. The lowest BCUT2D eigenvalue weighted by Gasteiger charge is -2.39. The van der Waals surface area contributed by atoms with Crippen molar-refractivity contribution >= 4 is 0 Å². The normalized spacial score (nSPS) is 24.6. The van der Waals surface area contributed by atoms with Gasteiger partial charge in [-0.15, -0.1) is 0 Å². The second-order valence-electron chi connectivity index (χ2n) is 5.09. The maximum atomic E-state index is 14.0. The van der Waals surface area contributed by atoms with Crippen LogP contribution < -0.4 is 5.32 Å². The Morgan fingerprint density at radius 1 is 1.32 bits per heavy atom. The van der Waals surface area contributed by atoms with E-state index >= 15 is 0 Å². The van der Waals surface area contributed by atoms with Crippen molar-refractivity contribution < 1.29 is 8.78 Å². The van der Waals surface area contributed by atoms with Crippen molar-refractivity contribution in [2.45, 2.75) is 38.8 Å². The average Bonchev–Trinajstić information content (AvgIpc) is 2.39. The molecule has 1 aromatic carbocycles. The Balaban J connectivity index is 2.22. The first-order valence-electron chi connectivity index (χ1n) is 7.08. The van der Waals surface area contributed by atoms with Crippen molar-refractivity contribution in [1.29, 1.82) is 0 Å². The lowest BCUT2D eigenvalue weighted by atomic mass is 9.91. The molecule has 2 nitrogen and oxygen atoms in total. The summed E-state index contributed by atoms with van der Waals surface area (Å²) in [6.07, 6.45) is 1.96. The number of halogens is 2. The van der Waals surface area contributed by atoms with Gasteiger partial charge in [0.15, 0.2) is 0 Å². The average molecular weight is 268 g/mol. The van der Waals surface area contributed by atoms with Gasteiger partial charge in [-0.25, -0.2) is 8.78 Å². The summed E-state index contributed by atoms with van der Waals surface area (Å²) in [6.45, 7) is 6.94. The highest BCUT2D eigenvalue weighted by Crippen LogP contribution is 2.32. The fourth-order valence-corrected chi connectivity index (χ4v) is 2.96. The van der Waals surface area contributed by atoms with Crippen LogP contribution >= 0.6 is 0 Å². The smallest absolute Gasteiger partial charge is 0.130 e. The van der Waals surface area contributed by atoms with Gasteiger partial charge in [-0.05, 0) is 32.0 Å². The molecular formula is C15H22F2N2. The summed E-state index contributed by atoms with van der Waals surface area (Å²) in [7, 11) is 0. The van der Waals surface area contributed by atoms with Gasteiger partial charge in [-0.1, -0.05) is 19.9 Å². The second-order valence-corrected chi connectivity index (χ2v) is 5.09. The number of piperidine rings is 1. The molecule has 0 amide bonds. The molecule has 1 heterocycles. The van der Waals surface area contributed by atoms with Crippen LogP contribution in [0.3, 0.4) is 0 Å². The van der Waals surface area contributed by atoms with Crippen LogP contribution in [0.2, 0.25) is 0 Å². The highest BCUT2D eigenvalue weighted by atomic mass is 19.1. The van der Waals surface area contributed by atoms with Crippen LogP contribution in [-0.4, -0.2) is 30.6 Å². The minimum atomic E-state index is -0.511. The Hall–Kier alpha value is -1.00. The van der Waals surface area contributed by atoms with E-state index in [-0.39, 0.29) is 6.04 Å². The third-order valence-corrected chi connectivity index (χ3v) is 3.93. The SMILES string of the molecule is CCN[C@@H]1CCN(CC)[C@H](c2ccc(F)cc2F)C1. The number of rotatable bonds is 4. The summed E-state index contributed by atoms with van der Waals surface area (Å²) in [5, 5.41) is 3.44. The third kappa shape index (κ3) is 3.31. The highest BCUT2D eigenvalue weighted by molar-refractivity contribution is 5.23. The van der Waals surface area contributed by atoms with Crippen LogP contribution in [0.25, 0.3) is 0 Å². The van der Waals surface area contributed by atoms with Gasteiger partial charge in [0.2, 0.25) is 0 Å². The molecule has 0 aromatic heterocycles. The molecule has 2 rings (SSSR count). The number of hydrogen-bond acceptors (Lipinski definition) is 2. The van der Waals surface area contributed by atoms with Gasteiger partial charge in [0, 0.05) is 30.3 Å². The Morgan fingerprint density at radius 3 is 2.74 bits per heavy atom. The number of benzene rings is 1. The molecule has 1 fully saturated rings. The number of likely N-dealkylation sites (tertiary alicyclic amines) is 1. The van der Waals surface area contributed by atoms with Crippen molar-refractivity contribution in [2.24, 2.45) is 0 Å². The van der Waals surface area contributed by atoms with Crippen molar-refractivity contribution in [2.75, 3.05) is 19.6 Å². The molecule has 106 valence electrons. The lowest BCUT2D eigenvalue weighted by molar-refractivity contribution is 0.129. The zero-order valence-corrected chi connectivity index (χ0v) is 11.6. The Bertz CT molecular complexity index is 423. The molecule has 0 aliphatic carbocycles. The first-order valence-corrected chi connectivity index (χ1v) is 7.08. The molecule has 19 heavy (non-hydrogen) atoms. The first kappa shape index (κ1) is 14.4. The van der Waals surface area contributed by atoms with Gasteiger partial charge in [-0.2, -0.15) is 0 Å².